The Labute approximate surface area is 120 Å². The van der Waals surface area contributed by atoms with E-state index in [9.17, 15) is 0 Å². The normalized spacial score (nSPS) is 15.7. The quantitative estimate of drug-likeness (QED) is 0.923. The van der Waals surface area contributed by atoms with Crippen LogP contribution in [0, 0.1) is 0 Å². The van der Waals surface area contributed by atoms with Crippen molar-refractivity contribution >= 4 is 0 Å². The molecule has 0 saturated carbocycles. The van der Waals surface area contributed by atoms with Crippen LogP contribution in [0.15, 0.2) is 48.5 Å². The maximum absolute atomic E-state index is 9.09. The SMILES string of the molecule is OCc1ccc(CN2CCCc3ccccc3C2)cc1. The van der Waals surface area contributed by atoms with Gasteiger partial charge in [0.1, 0.15) is 0 Å². The molecule has 0 amide bonds. The Morgan fingerprint density at radius 1 is 0.900 bits per heavy atom. The minimum absolute atomic E-state index is 0.122. The Morgan fingerprint density at radius 3 is 2.35 bits per heavy atom. The number of rotatable bonds is 3. The first-order valence-electron chi connectivity index (χ1n) is 7.33. The van der Waals surface area contributed by atoms with Gasteiger partial charge < -0.3 is 5.11 Å². The van der Waals surface area contributed by atoms with E-state index in [0.29, 0.717) is 0 Å². The zero-order valence-corrected chi connectivity index (χ0v) is 11.8. The third kappa shape index (κ3) is 3.09. The third-order valence-corrected chi connectivity index (χ3v) is 4.04. The zero-order chi connectivity index (χ0) is 13.8. The largest absolute Gasteiger partial charge is 0.392 e. The summed E-state index contributed by atoms with van der Waals surface area (Å²) in [5, 5.41) is 9.09. The van der Waals surface area contributed by atoms with Gasteiger partial charge in [-0.2, -0.15) is 0 Å². The Bertz CT molecular complexity index is 562. The van der Waals surface area contributed by atoms with Crippen LogP contribution in [-0.2, 0) is 26.1 Å². The van der Waals surface area contributed by atoms with Crippen LogP contribution in [0.25, 0.3) is 0 Å². The van der Waals surface area contributed by atoms with Crippen molar-refractivity contribution in [1.82, 2.24) is 4.90 Å². The fourth-order valence-electron chi connectivity index (χ4n) is 2.91. The van der Waals surface area contributed by atoms with Gasteiger partial charge in [-0.1, -0.05) is 48.5 Å². The van der Waals surface area contributed by atoms with Gasteiger partial charge in [-0.3, -0.25) is 4.90 Å². The second-order valence-electron chi connectivity index (χ2n) is 5.56. The number of hydrogen-bond acceptors (Lipinski definition) is 2. The molecule has 0 saturated heterocycles. The topological polar surface area (TPSA) is 23.5 Å². The number of benzene rings is 2. The summed E-state index contributed by atoms with van der Waals surface area (Å²) in [6.07, 6.45) is 2.42. The molecule has 104 valence electrons. The minimum Gasteiger partial charge on any atom is -0.392 e. The standard InChI is InChI=1S/C18H21NO/c20-14-16-9-7-15(8-10-16)12-19-11-3-6-17-4-1-2-5-18(17)13-19/h1-2,4-5,7-10,20H,3,6,11-14H2. The smallest absolute Gasteiger partial charge is 0.0681 e. The molecule has 2 nitrogen and oxygen atoms in total. The fraction of sp³-hybridized carbons (Fsp3) is 0.333. The van der Waals surface area contributed by atoms with Crippen LogP contribution in [0.1, 0.15) is 28.7 Å². The van der Waals surface area contributed by atoms with Gasteiger partial charge in [0.15, 0.2) is 0 Å². The summed E-state index contributed by atoms with van der Waals surface area (Å²) in [5.74, 6) is 0. The summed E-state index contributed by atoms with van der Waals surface area (Å²) in [6.45, 7) is 3.30. The maximum Gasteiger partial charge on any atom is 0.0681 e. The molecule has 1 N–H and O–H groups in total. The molecule has 2 heteroatoms. The molecule has 20 heavy (non-hydrogen) atoms. The summed E-state index contributed by atoms with van der Waals surface area (Å²) < 4.78 is 0. The lowest BCUT2D eigenvalue weighted by Crippen LogP contribution is -2.22. The second kappa shape index (κ2) is 6.21. The number of aliphatic hydroxyl groups is 1. The molecule has 0 unspecified atom stereocenters. The van der Waals surface area contributed by atoms with Crippen molar-refractivity contribution in [2.24, 2.45) is 0 Å². The molecule has 0 aliphatic carbocycles. The Kier molecular flexibility index (Phi) is 4.14. The molecule has 1 heterocycles. The van der Waals surface area contributed by atoms with Gasteiger partial charge in [0, 0.05) is 13.1 Å². The van der Waals surface area contributed by atoms with Gasteiger partial charge in [-0.15, -0.1) is 0 Å². The average Bonchev–Trinajstić information content (AvgIpc) is 2.69. The van der Waals surface area contributed by atoms with Crippen LogP contribution in [0.2, 0.25) is 0 Å². The van der Waals surface area contributed by atoms with Crippen molar-refractivity contribution in [3.8, 4) is 0 Å². The van der Waals surface area contributed by atoms with Crippen LogP contribution in [-0.4, -0.2) is 16.6 Å². The number of hydrogen-bond donors (Lipinski definition) is 1. The molecule has 1 aliphatic heterocycles. The summed E-state index contributed by atoms with van der Waals surface area (Å²) in [4.78, 5) is 2.51. The van der Waals surface area contributed by atoms with E-state index < -0.39 is 0 Å². The molecule has 2 aromatic rings. The van der Waals surface area contributed by atoms with Crippen molar-refractivity contribution in [1.29, 1.82) is 0 Å². The summed E-state index contributed by atoms with van der Waals surface area (Å²) in [7, 11) is 0. The molecule has 0 fully saturated rings. The molecular weight excluding hydrogens is 246 g/mol. The zero-order valence-electron chi connectivity index (χ0n) is 11.8. The minimum atomic E-state index is 0.122. The fourth-order valence-corrected chi connectivity index (χ4v) is 2.91. The summed E-state index contributed by atoms with van der Waals surface area (Å²) in [5.41, 5.74) is 5.28. The van der Waals surface area contributed by atoms with Crippen LogP contribution in [0.3, 0.4) is 0 Å². The molecule has 3 rings (SSSR count). The van der Waals surface area contributed by atoms with Gasteiger partial charge in [0.25, 0.3) is 0 Å². The van der Waals surface area contributed by atoms with Gasteiger partial charge >= 0.3 is 0 Å². The van der Waals surface area contributed by atoms with E-state index in [1.54, 1.807) is 0 Å². The predicted molar refractivity (Wildman–Crippen MR) is 81.2 cm³/mol. The highest BCUT2D eigenvalue weighted by atomic mass is 16.3. The first-order chi connectivity index (χ1) is 9.85. The third-order valence-electron chi connectivity index (χ3n) is 4.04. The lowest BCUT2D eigenvalue weighted by molar-refractivity contribution is 0.260. The van der Waals surface area contributed by atoms with Crippen LogP contribution >= 0.6 is 0 Å². The molecule has 0 aromatic heterocycles. The Hall–Kier alpha value is -1.64. The number of nitrogens with zero attached hydrogens (tertiary/aromatic N) is 1. The van der Waals surface area contributed by atoms with Gasteiger partial charge in [0.2, 0.25) is 0 Å². The van der Waals surface area contributed by atoms with Crippen molar-refractivity contribution in [2.75, 3.05) is 6.54 Å². The van der Waals surface area contributed by atoms with Gasteiger partial charge in [-0.25, -0.2) is 0 Å². The molecule has 0 spiro atoms. The number of fused-ring (bicyclic) bond motifs is 1. The van der Waals surface area contributed by atoms with Crippen LogP contribution < -0.4 is 0 Å². The van der Waals surface area contributed by atoms with Gasteiger partial charge in [0.05, 0.1) is 6.61 Å². The van der Waals surface area contributed by atoms with E-state index in [4.69, 9.17) is 5.11 Å². The molecule has 0 atom stereocenters. The van der Waals surface area contributed by atoms with E-state index in [1.807, 2.05) is 12.1 Å². The first kappa shape index (κ1) is 13.3. The highest BCUT2D eigenvalue weighted by molar-refractivity contribution is 5.28. The van der Waals surface area contributed by atoms with E-state index in [2.05, 4.69) is 41.3 Å². The van der Waals surface area contributed by atoms with Crippen LogP contribution in [0.4, 0.5) is 0 Å². The van der Waals surface area contributed by atoms with Crippen molar-refractivity contribution in [2.45, 2.75) is 32.5 Å². The average molecular weight is 267 g/mol. The highest BCUT2D eigenvalue weighted by Crippen LogP contribution is 2.20. The summed E-state index contributed by atoms with van der Waals surface area (Å²) >= 11 is 0. The maximum atomic E-state index is 9.09. The Balaban J connectivity index is 1.71. The Morgan fingerprint density at radius 2 is 1.60 bits per heavy atom. The van der Waals surface area contributed by atoms with Crippen molar-refractivity contribution in [3.63, 3.8) is 0 Å². The van der Waals surface area contributed by atoms with Crippen molar-refractivity contribution < 1.29 is 5.11 Å². The van der Waals surface area contributed by atoms with Crippen molar-refractivity contribution in [3.05, 3.63) is 70.8 Å². The predicted octanol–water partition coefficient (Wildman–Crippen LogP) is 3.13. The molecule has 0 bridgehead atoms. The van der Waals surface area contributed by atoms with Gasteiger partial charge in [-0.05, 0) is 41.6 Å². The molecule has 2 aromatic carbocycles. The first-order valence-corrected chi connectivity index (χ1v) is 7.33. The van der Waals surface area contributed by atoms with Crippen LogP contribution in [0.5, 0.6) is 0 Å². The van der Waals surface area contributed by atoms with E-state index in [1.165, 1.54) is 29.5 Å². The molecule has 1 aliphatic rings. The monoisotopic (exact) mass is 267 g/mol. The van der Waals surface area contributed by atoms with E-state index in [0.717, 1.165) is 25.2 Å². The molecule has 0 radical (unpaired) electrons. The number of aryl methyl sites for hydroxylation is 1. The summed E-state index contributed by atoms with van der Waals surface area (Å²) in [6, 6.07) is 17.1. The second-order valence-corrected chi connectivity index (χ2v) is 5.56. The highest BCUT2D eigenvalue weighted by Gasteiger charge is 2.13. The molecular formula is C18H21NO. The lowest BCUT2D eigenvalue weighted by Gasteiger charge is -2.20. The number of aliphatic hydroxyl groups excluding tert-OH is 1. The van der Waals surface area contributed by atoms with E-state index in [-0.39, 0.29) is 6.61 Å². The lowest BCUT2D eigenvalue weighted by atomic mass is 10.0. The van der Waals surface area contributed by atoms with E-state index >= 15 is 0 Å².